The summed E-state index contributed by atoms with van der Waals surface area (Å²) in [6, 6.07) is 11.8. The molecule has 3 aromatic rings. The van der Waals surface area contributed by atoms with Crippen LogP contribution in [0.2, 0.25) is 0 Å². The molecule has 2 N–H and O–H groups in total. The fourth-order valence-corrected chi connectivity index (χ4v) is 2.37. The first-order chi connectivity index (χ1) is 12.1. The Bertz CT molecular complexity index is 925. The van der Waals surface area contributed by atoms with E-state index in [-0.39, 0.29) is 34.9 Å². The molecule has 0 atom stereocenters. The molecule has 2 heterocycles. The number of thioether (sulfide) groups is 1. The average molecular weight is 359 g/mol. The van der Waals surface area contributed by atoms with Crippen molar-refractivity contribution in [2.24, 2.45) is 5.73 Å². The Labute approximate surface area is 145 Å². The van der Waals surface area contributed by atoms with Crippen molar-refractivity contribution < 1.29 is 13.9 Å². The van der Waals surface area contributed by atoms with E-state index in [9.17, 15) is 9.59 Å². The summed E-state index contributed by atoms with van der Waals surface area (Å²) in [5.74, 6) is 0.0131. The first-order valence-corrected chi connectivity index (χ1v) is 8.12. The largest absolute Gasteiger partial charge is 0.467 e. The second-order valence-corrected chi connectivity index (χ2v) is 5.69. The fourth-order valence-electron chi connectivity index (χ4n) is 1.85. The minimum Gasteiger partial charge on any atom is -0.467 e. The van der Waals surface area contributed by atoms with E-state index in [1.165, 1.54) is 16.8 Å². The summed E-state index contributed by atoms with van der Waals surface area (Å²) in [4.78, 5) is 22.7. The zero-order chi connectivity index (χ0) is 17.6. The van der Waals surface area contributed by atoms with Crippen molar-refractivity contribution in [3.05, 3.63) is 58.7 Å². The molecule has 0 saturated carbocycles. The summed E-state index contributed by atoms with van der Waals surface area (Å²) in [6.07, 6.45) is 0. The van der Waals surface area contributed by atoms with Crippen molar-refractivity contribution in [3.63, 3.8) is 0 Å². The summed E-state index contributed by atoms with van der Waals surface area (Å²) in [6.45, 7) is -0.0237. The Kier molecular flexibility index (Phi) is 5.09. The van der Waals surface area contributed by atoms with Crippen molar-refractivity contribution >= 4 is 17.7 Å². The highest BCUT2D eigenvalue weighted by molar-refractivity contribution is 7.99. The number of carbonyl (C=O) groups excluding carboxylic acids is 1. The molecule has 0 aliphatic carbocycles. The van der Waals surface area contributed by atoms with E-state index < -0.39 is 5.91 Å². The maximum Gasteiger partial charge on any atom is 0.277 e. The monoisotopic (exact) mass is 359 g/mol. The molecule has 1 aromatic carbocycles. The van der Waals surface area contributed by atoms with Gasteiger partial charge in [-0.25, -0.2) is 0 Å². The number of amides is 1. The lowest BCUT2D eigenvalue weighted by atomic mass is 10.3. The summed E-state index contributed by atoms with van der Waals surface area (Å²) in [7, 11) is 0. The minimum absolute atomic E-state index is 0.0237. The molecule has 1 amide bonds. The number of carbonyl (C=O) groups is 1. The van der Waals surface area contributed by atoms with Crippen LogP contribution in [0.1, 0.15) is 5.89 Å². The second-order valence-electron chi connectivity index (χ2n) is 4.76. The summed E-state index contributed by atoms with van der Waals surface area (Å²) in [5, 5.41) is 11.9. The predicted octanol–water partition coefficient (Wildman–Crippen LogP) is 0.772. The average Bonchev–Trinajstić information content (AvgIpc) is 3.08. The van der Waals surface area contributed by atoms with E-state index in [2.05, 4.69) is 15.3 Å². The Morgan fingerprint density at radius 1 is 1.20 bits per heavy atom. The van der Waals surface area contributed by atoms with Gasteiger partial charge in [0.2, 0.25) is 11.8 Å². The van der Waals surface area contributed by atoms with Crippen LogP contribution in [-0.2, 0) is 11.4 Å². The van der Waals surface area contributed by atoms with Crippen LogP contribution in [0.4, 0.5) is 0 Å². The van der Waals surface area contributed by atoms with Crippen molar-refractivity contribution in [3.8, 4) is 11.6 Å². The molecule has 128 valence electrons. The quantitative estimate of drug-likeness (QED) is 0.613. The molecule has 9 nitrogen and oxygen atoms in total. The second kappa shape index (κ2) is 7.62. The highest BCUT2D eigenvalue weighted by Gasteiger charge is 2.10. The van der Waals surface area contributed by atoms with Crippen LogP contribution in [0.3, 0.4) is 0 Å². The zero-order valence-corrected chi connectivity index (χ0v) is 13.7. The smallest absolute Gasteiger partial charge is 0.277 e. The lowest BCUT2D eigenvalue weighted by Gasteiger charge is -2.06. The Balaban J connectivity index is 1.68. The van der Waals surface area contributed by atoms with Gasteiger partial charge in [-0.05, 0) is 12.1 Å². The lowest BCUT2D eigenvalue weighted by molar-refractivity contribution is -0.115. The number of benzene rings is 1. The van der Waals surface area contributed by atoms with Gasteiger partial charge in [-0.1, -0.05) is 30.0 Å². The number of rotatable bonds is 7. The summed E-state index contributed by atoms with van der Waals surface area (Å²) in [5.41, 5.74) is 5.40. The lowest BCUT2D eigenvalue weighted by Crippen LogP contribution is -2.20. The minimum atomic E-state index is -0.478. The topological polar surface area (TPSA) is 126 Å². The van der Waals surface area contributed by atoms with E-state index in [1.807, 2.05) is 6.07 Å². The van der Waals surface area contributed by atoms with E-state index in [0.29, 0.717) is 5.69 Å². The first kappa shape index (κ1) is 16.7. The van der Waals surface area contributed by atoms with Gasteiger partial charge in [0.15, 0.2) is 6.61 Å². The van der Waals surface area contributed by atoms with Gasteiger partial charge in [0.05, 0.1) is 11.4 Å². The molecule has 0 unspecified atom stereocenters. The highest BCUT2D eigenvalue weighted by Crippen LogP contribution is 2.16. The maximum absolute atomic E-state index is 11.9. The van der Waals surface area contributed by atoms with Gasteiger partial charge >= 0.3 is 0 Å². The van der Waals surface area contributed by atoms with Gasteiger partial charge in [0.25, 0.3) is 16.7 Å². The van der Waals surface area contributed by atoms with Crippen LogP contribution < -0.4 is 16.0 Å². The molecule has 10 heteroatoms. The number of hydrogen-bond donors (Lipinski definition) is 1. The third-order valence-corrected chi connectivity index (χ3v) is 3.75. The van der Waals surface area contributed by atoms with Gasteiger partial charge in [-0.2, -0.15) is 4.68 Å². The Morgan fingerprint density at radius 2 is 2.00 bits per heavy atom. The third-order valence-electron chi connectivity index (χ3n) is 2.91. The molecular formula is C15H13N5O4S. The Morgan fingerprint density at radius 3 is 2.76 bits per heavy atom. The molecule has 0 fully saturated rings. The molecule has 2 aromatic heterocycles. The van der Waals surface area contributed by atoms with E-state index in [4.69, 9.17) is 14.9 Å². The number of hydrogen-bond acceptors (Lipinski definition) is 8. The van der Waals surface area contributed by atoms with Gasteiger partial charge in [0.1, 0.15) is 0 Å². The Hall–Kier alpha value is -3.14. The normalized spacial score (nSPS) is 10.6. The van der Waals surface area contributed by atoms with E-state index in [0.717, 1.165) is 11.8 Å². The molecule has 3 rings (SSSR count). The standard InChI is InChI=1S/C15H13N5O4S/c16-11(21)9-25-15-18-17-13(24-15)8-23-12-6-7-14(22)20(19-12)10-4-2-1-3-5-10/h1-7H,8-9H2,(H2,16,21). The molecule has 25 heavy (non-hydrogen) atoms. The number of primary amides is 1. The van der Waals surface area contributed by atoms with E-state index in [1.54, 1.807) is 24.3 Å². The van der Waals surface area contributed by atoms with Crippen LogP contribution in [0.15, 0.2) is 56.9 Å². The molecule has 0 radical (unpaired) electrons. The van der Waals surface area contributed by atoms with Gasteiger partial charge in [-0.3, -0.25) is 9.59 Å². The molecule has 0 aliphatic rings. The number of nitrogens with two attached hydrogens (primary N) is 1. The molecule has 0 spiro atoms. The van der Waals surface area contributed by atoms with E-state index >= 15 is 0 Å². The SMILES string of the molecule is NC(=O)CSc1nnc(COc2ccc(=O)n(-c3ccccc3)n2)o1. The van der Waals surface area contributed by atoms with Crippen LogP contribution in [-0.4, -0.2) is 31.6 Å². The van der Waals surface area contributed by atoms with Gasteiger partial charge in [-0.15, -0.1) is 15.3 Å². The molecule has 0 bridgehead atoms. The molecule has 0 aliphatic heterocycles. The predicted molar refractivity (Wildman–Crippen MR) is 88.4 cm³/mol. The molecule has 0 saturated heterocycles. The van der Waals surface area contributed by atoms with Crippen LogP contribution in [0.5, 0.6) is 5.88 Å². The highest BCUT2D eigenvalue weighted by atomic mass is 32.2. The number of ether oxygens (including phenoxy) is 1. The van der Waals surface area contributed by atoms with Gasteiger partial charge < -0.3 is 14.9 Å². The first-order valence-electron chi connectivity index (χ1n) is 7.14. The number of aromatic nitrogens is 4. The summed E-state index contributed by atoms with van der Waals surface area (Å²) >= 11 is 1.04. The zero-order valence-electron chi connectivity index (χ0n) is 12.9. The van der Waals surface area contributed by atoms with Crippen molar-refractivity contribution in [2.75, 3.05) is 5.75 Å². The van der Waals surface area contributed by atoms with Crippen molar-refractivity contribution in [1.82, 2.24) is 20.0 Å². The summed E-state index contributed by atoms with van der Waals surface area (Å²) < 4.78 is 12.0. The van der Waals surface area contributed by atoms with Crippen molar-refractivity contribution in [1.29, 1.82) is 0 Å². The van der Waals surface area contributed by atoms with Crippen LogP contribution in [0, 0.1) is 0 Å². The van der Waals surface area contributed by atoms with Crippen LogP contribution >= 0.6 is 11.8 Å². The maximum atomic E-state index is 11.9. The number of nitrogens with zero attached hydrogens (tertiary/aromatic N) is 4. The van der Waals surface area contributed by atoms with Gasteiger partial charge in [0, 0.05) is 12.1 Å². The van der Waals surface area contributed by atoms with Crippen molar-refractivity contribution in [2.45, 2.75) is 11.8 Å². The molecular weight excluding hydrogens is 346 g/mol. The fraction of sp³-hybridized carbons (Fsp3) is 0.133. The number of para-hydroxylation sites is 1. The van der Waals surface area contributed by atoms with Crippen LogP contribution in [0.25, 0.3) is 5.69 Å². The third kappa shape index (κ3) is 4.44.